The van der Waals surface area contributed by atoms with Crippen molar-refractivity contribution in [1.82, 2.24) is 0 Å². The van der Waals surface area contributed by atoms with Crippen molar-refractivity contribution in [3.8, 4) is 22.4 Å². The summed E-state index contributed by atoms with van der Waals surface area (Å²) in [5.74, 6) is 1.41. The second-order valence-electron chi connectivity index (χ2n) is 13.9. The maximum Gasteiger partial charge on any atom is 0.213 e. The summed E-state index contributed by atoms with van der Waals surface area (Å²) in [5, 5.41) is 2.79. The van der Waals surface area contributed by atoms with E-state index in [9.17, 15) is 0 Å². The average molecular weight is 543 g/mol. The summed E-state index contributed by atoms with van der Waals surface area (Å²) in [6.07, 6.45) is 22.3. The van der Waals surface area contributed by atoms with Gasteiger partial charge in [0.25, 0.3) is 0 Å². The van der Waals surface area contributed by atoms with E-state index in [1.54, 1.807) is 11.1 Å². The summed E-state index contributed by atoms with van der Waals surface area (Å²) < 4.78 is 2.38. The zero-order valence-corrected chi connectivity index (χ0v) is 25.4. The van der Waals surface area contributed by atoms with Gasteiger partial charge in [0, 0.05) is 17.2 Å². The van der Waals surface area contributed by atoms with Gasteiger partial charge < -0.3 is 0 Å². The first-order valence-corrected chi connectivity index (χ1v) is 16.7. The topological polar surface area (TPSA) is 3.88 Å². The van der Waals surface area contributed by atoms with Crippen LogP contribution in [-0.4, -0.2) is 0 Å². The fraction of sp³-hybridized carbons (Fsp3) is 0.475. The maximum atomic E-state index is 2.52. The fourth-order valence-electron chi connectivity index (χ4n) is 8.84. The van der Waals surface area contributed by atoms with Crippen LogP contribution >= 0.6 is 0 Å². The number of hydrogen-bond acceptors (Lipinski definition) is 0. The number of fused-ring (bicyclic) bond motifs is 1. The lowest BCUT2D eigenvalue weighted by Crippen LogP contribution is -2.32. The van der Waals surface area contributed by atoms with Crippen molar-refractivity contribution in [3.63, 3.8) is 0 Å². The Morgan fingerprint density at radius 3 is 2.12 bits per heavy atom. The Morgan fingerprint density at radius 2 is 1.34 bits per heavy atom. The molecule has 0 amide bonds. The van der Waals surface area contributed by atoms with Crippen molar-refractivity contribution in [2.45, 2.75) is 109 Å². The van der Waals surface area contributed by atoms with Crippen LogP contribution in [0.15, 0.2) is 72.9 Å². The lowest BCUT2D eigenvalue weighted by molar-refractivity contribution is -0.660. The van der Waals surface area contributed by atoms with Crippen molar-refractivity contribution in [1.29, 1.82) is 0 Å². The third-order valence-electron chi connectivity index (χ3n) is 11.4. The molecule has 0 N–H and O–H groups in total. The van der Waals surface area contributed by atoms with E-state index in [2.05, 4.69) is 91.5 Å². The highest BCUT2D eigenvalue weighted by Crippen LogP contribution is 2.51. The molecule has 0 aliphatic heterocycles. The summed E-state index contributed by atoms with van der Waals surface area (Å²) >= 11 is 0. The molecule has 1 heteroatoms. The monoisotopic (exact) mass is 542 g/mol. The van der Waals surface area contributed by atoms with E-state index in [1.807, 2.05) is 0 Å². The molecule has 3 saturated carbocycles. The normalized spacial score (nSPS) is 20.0. The van der Waals surface area contributed by atoms with Crippen molar-refractivity contribution in [3.05, 3.63) is 89.6 Å². The number of benzene rings is 3. The molecule has 1 aromatic heterocycles. The van der Waals surface area contributed by atoms with Crippen LogP contribution in [0.5, 0.6) is 0 Å². The smallest absolute Gasteiger partial charge is 0.201 e. The van der Waals surface area contributed by atoms with Crippen LogP contribution in [0.1, 0.15) is 118 Å². The van der Waals surface area contributed by atoms with Gasteiger partial charge in [-0.05, 0) is 121 Å². The average Bonchev–Trinajstić information content (AvgIpc) is 3.02. The molecule has 212 valence electrons. The van der Waals surface area contributed by atoms with Gasteiger partial charge >= 0.3 is 0 Å². The number of aryl methyl sites for hydroxylation is 2. The fourth-order valence-corrected chi connectivity index (χ4v) is 8.84. The Bertz CT molecular complexity index is 1520. The predicted molar refractivity (Wildman–Crippen MR) is 173 cm³/mol. The van der Waals surface area contributed by atoms with Gasteiger partial charge in [-0.25, -0.2) is 4.57 Å². The Kier molecular flexibility index (Phi) is 7.48. The first-order chi connectivity index (χ1) is 20.1. The quantitative estimate of drug-likeness (QED) is 0.226. The molecule has 3 fully saturated rings. The van der Waals surface area contributed by atoms with Crippen molar-refractivity contribution >= 4 is 10.8 Å². The van der Waals surface area contributed by atoms with Gasteiger partial charge in [0.05, 0.1) is 0 Å². The van der Waals surface area contributed by atoms with Crippen LogP contribution in [0, 0.1) is 12.3 Å². The minimum Gasteiger partial charge on any atom is -0.201 e. The summed E-state index contributed by atoms with van der Waals surface area (Å²) in [4.78, 5) is 0. The third kappa shape index (κ3) is 5.38. The van der Waals surface area contributed by atoms with Gasteiger partial charge in [-0.15, -0.1) is 0 Å². The van der Waals surface area contributed by atoms with Crippen LogP contribution in [0.3, 0.4) is 0 Å². The second kappa shape index (κ2) is 11.4. The van der Waals surface area contributed by atoms with Crippen LogP contribution in [0.4, 0.5) is 0 Å². The number of pyridine rings is 1. The highest BCUT2D eigenvalue weighted by atomic mass is 14.9. The van der Waals surface area contributed by atoms with Gasteiger partial charge in [0.15, 0.2) is 6.20 Å². The summed E-state index contributed by atoms with van der Waals surface area (Å²) in [6.45, 7) is 2.24. The Labute approximate surface area is 248 Å². The molecular weight excluding hydrogens is 494 g/mol. The minimum absolute atomic E-state index is 0.660. The Balaban J connectivity index is 1.22. The van der Waals surface area contributed by atoms with Crippen LogP contribution < -0.4 is 4.57 Å². The number of hydrogen-bond donors (Lipinski definition) is 0. The molecule has 7 rings (SSSR count). The van der Waals surface area contributed by atoms with Crippen LogP contribution in [-0.2, 0) is 7.05 Å². The van der Waals surface area contributed by atoms with Gasteiger partial charge in [0.2, 0.25) is 5.69 Å². The number of nitrogens with zero attached hydrogens (tertiary/aromatic N) is 1. The van der Waals surface area contributed by atoms with Gasteiger partial charge in [-0.2, -0.15) is 0 Å². The minimum atomic E-state index is 0.660. The molecule has 41 heavy (non-hydrogen) atoms. The van der Waals surface area contributed by atoms with Gasteiger partial charge in [-0.1, -0.05) is 87.1 Å². The van der Waals surface area contributed by atoms with Crippen LogP contribution in [0.25, 0.3) is 33.2 Å². The Morgan fingerprint density at radius 1 is 0.634 bits per heavy atom. The highest BCUT2D eigenvalue weighted by molar-refractivity contribution is 5.89. The SMILES string of the molecule is Cc1ccccc1-c1cc(-c2ccc3cc(C4CCC5(CCCCC5)CC4)ccc3c2)c(C2CCCCC2)c[n+]1C. The van der Waals surface area contributed by atoms with E-state index >= 15 is 0 Å². The zero-order chi connectivity index (χ0) is 27.8. The van der Waals surface area contributed by atoms with Gasteiger partial charge in [-0.3, -0.25) is 0 Å². The molecule has 0 bridgehead atoms. The lowest BCUT2D eigenvalue weighted by atomic mass is 9.62. The molecule has 3 aliphatic carbocycles. The molecule has 3 aliphatic rings. The molecule has 0 saturated heterocycles. The first kappa shape index (κ1) is 26.9. The molecule has 0 radical (unpaired) electrons. The molecule has 0 atom stereocenters. The highest BCUT2D eigenvalue weighted by Gasteiger charge is 2.36. The number of aromatic nitrogens is 1. The molecule has 1 heterocycles. The number of rotatable bonds is 4. The molecule has 3 aromatic carbocycles. The van der Waals surface area contributed by atoms with E-state index in [1.165, 1.54) is 129 Å². The Hall–Kier alpha value is -2.93. The molecular formula is C40H48N+. The summed E-state index contributed by atoms with van der Waals surface area (Å²) in [5.41, 5.74) is 10.6. The summed E-state index contributed by atoms with van der Waals surface area (Å²) in [7, 11) is 2.24. The van der Waals surface area contributed by atoms with E-state index in [-0.39, 0.29) is 0 Å². The molecule has 0 unspecified atom stereocenters. The molecule has 1 nitrogen and oxygen atoms in total. The van der Waals surface area contributed by atoms with Gasteiger partial charge in [0.1, 0.15) is 7.05 Å². The molecule has 4 aromatic rings. The second-order valence-corrected chi connectivity index (χ2v) is 13.9. The van der Waals surface area contributed by atoms with Crippen molar-refractivity contribution in [2.75, 3.05) is 0 Å². The van der Waals surface area contributed by atoms with Crippen molar-refractivity contribution < 1.29 is 4.57 Å². The standard InChI is InChI=1S/C40H48N/c1-29-11-7-8-14-36(29)39-27-37(38(28-41(39)2)31-12-5-3-6-13-31)35-18-17-33-25-32(15-16-34(33)26-35)30-19-23-40(24-20-30)21-9-4-10-22-40/h7-8,11,14-18,25-28,30-31H,3-6,9-10,12-13,19-24H2,1-2H3/q+1. The van der Waals surface area contributed by atoms with E-state index in [0.29, 0.717) is 11.3 Å². The van der Waals surface area contributed by atoms with E-state index in [4.69, 9.17) is 0 Å². The largest absolute Gasteiger partial charge is 0.213 e. The van der Waals surface area contributed by atoms with E-state index < -0.39 is 0 Å². The summed E-state index contributed by atoms with van der Waals surface area (Å²) in [6, 6.07) is 26.0. The van der Waals surface area contributed by atoms with Crippen molar-refractivity contribution in [2.24, 2.45) is 12.5 Å². The zero-order valence-electron chi connectivity index (χ0n) is 25.4. The molecule has 1 spiro atoms. The first-order valence-electron chi connectivity index (χ1n) is 16.7. The van der Waals surface area contributed by atoms with E-state index in [0.717, 1.165) is 5.92 Å². The third-order valence-corrected chi connectivity index (χ3v) is 11.4. The predicted octanol–water partition coefficient (Wildman–Crippen LogP) is 11.0. The maximum absolute atomic E-state index is 2.52. The lowest BCUT2D eigenvalue weighted by Gasteiger charge is -2.43. The van der Waals surface area contributed by atoms with Crippen LogP contribution in [0.2, 0.25) is 0 Å².